The Hall–Kier alpha value is -1.24. The summed E-state index contributed by atoms with van der Waals surface area (Å²) in [4.78, 5) is 0. The van der Waals surface area contributed by atoms with Crippen LogP contribution in [0.3, 0.4) is 0 Å². The molecule has 0 aromatic heterocycles. The zero-order valence-electron chi connectivity index (χ0n) is 10.1. The van der Waals surface area contributed by atoms with Gasteiger partial charge in [-0.05, 0) is 24.1 Å². The zero-order chi connectivity index (χ0) is 13.5. The Bertz CT molecular complexity index is 365. The van der Waals surface area contributed by atoms with Gasteiger partial charge in [0.1, 0.15) is 0 Å². The highest BCUT2D eigenvalue weighted by Crippen LogP contribution is 2.21. The molecule has 1 rings (SSSR count). The van der Waals surface area contributed by atoms with Crippen molar-refractivity contribution >= 4 is 0 Å². The molecule has 0 heterocycles. The van der Waals surface area contributed by atoms with E-state index < -0.39 is 17.4 Å². The molecule has 6 heteroatoms. The monoisotopic (exact) mass is 261 g/mol. The van der Waals surface area contributed by atoms with Gasteiger partial charge in [0.15, 0.2) is 17.4 Å². The Morgan fingerprint density at radius 2 is 1.94 bits per heavy atom. The summed E-state index contributed by atoms with van der Waals surface area (Å²) in [5.41, 5.74) is 0.360. The fraction of sp³-hybridized carbons (Fsp3) is 0.500. The van der Waals surface area contributed by atoms with E-state index in [9.17, 15) is 8.78 Å². The van der Waals surface area contributed by atoms with Gasteiger partial charge >= 0.3 is 0 Å². The number of aliphatic hydroxyl groups is 1. The largest absolute Gasteiger partial charge is 0.503 e. The third kappa shape index (κ3) is 4.21. The highest BCUT2D eigenvalue weighted by Gasteiger charge is 2.11. The van der Waals surface area contributed by atoms with E-state index in [0.29, 0.717) is 18.6 Å². The maximum Gasteiger partial charge on any atom is 0.187 e. The molecule has 1 aromatic rings. The van der Waals surface area contributed by atoms with Crippen LogP contribution in [-0.4, -0.2) is 36.6 Å². The number of phenolic OH excluding ortho intramolecular Hbond substituents is 1. The summed E-state index contributed by atoms with van der Waals surface area (Å²) in [5, 5.41) is 21.0. The van der Waals surface area contributed by atoms with Crippen molar-refractivity contribution in [1.29, 1.82) is 0 Å². The minimum Gasteiger partial charge on any atom is -0.503 e. The number of aliphatic hydroxyl groups excluding tert-OH is 1. The molecule has 4 nitrogen and oxygen atoms in total. The molecular weight excluding hydrogens is 244 g/mol. The van der Waals surface area contributed by atoms with Crippen molar-refractivity contribution in [2.24, 2.45) is 0 Å². The van der Waals surface area contributed by atoms with Crippen molar-refractivity contribution in [3.63, 3.8) is 0 Å². The Morgan fingerprint density at radius 1 is 1.33 bits per heavy atom. The van der Waals surface area contributed by atoms with Gasteiger partial charge in [-0.2, -0.15) is 0 Å². The third-order valence-electron chi connectivity index (χ3n) is 2.56. The van der Waals surface area contributed by atoms with Crippen molar-refractivity contribution in [3.8, 4) is 5.75 Å². The van der Waals surface area contributed by atoms with Crippen molar-refractivity contribution in [1.82, 2.24) is 5.32 Å². The molecule has 0 spiro atoms. The van der Waals surface area contributed by atoms with Crippen LogP contribution in [0.25, 0.3) is 0 Å². The van der Waals surface area contributed by atoms with Crippen LogP contribution >= 0.6 is 0 Å². The molecule has 0 saturated carbocycles. The van der Waals surface area contributed by atoms with Crippen LogP contribution in [0.5, 0.6) is 5.75 Å². The van der Waals surface area contributed by atoms with Crippen LogP contribution in [0.1, 0.15) is 12.0 Å². The highest BCUT2D eigenvalue weighted by molar-refractivity contribution is 5.29. The van der Waals surface area contributed by atoms with Gasteiger partial charge in [-0.3, -0.25) is 0 Å². The lowest BCUT2D eigenvalue weighted by Gasteiger charge is -2.16. The molecule has 1 atom stereocenters. The lowest BCUT2D eigenvalue weighted by molar-refractivity contribution is 0.159. The average molecular weight is 261 g/mol. The number of aromatic hydroxyl groups is 1. The molecule has 0 amide bonds. The number of hydrogen-bond acceptors (Lipinski definition) is 4. The summed E-state index contributed by atoms with van der Waals surface area (Å²) in [6, 6.07) is 1.90. The molecule has 102 valence electrons. The number of benzene rings is 1. The van der Waals surface area contributed by atoms with E-state index in [1.165, 1.54) is 0 Å². The summed E-state index contributed by atoms with van der Waals surface area (Å²) in [5.74, 6) is -2.97. The van der Waals surface area contributed by atoms with Crippen LogP contribution in [-0.2, 0) is 11.3 Å². The molecule has 0 radical (unpaired) electrons. The van der Waals surface area contributed by atoms with Gasteiger partial charge in [0.2, 0.25) is 0 Å². The molecule has 0 fully saturated rings. The predicted molar refractivity (Wildman–Crippen MR) is 62.2 cm³/mol. The summed E-state index contributed by atoms with van der Waals surface area (Å²) in [6.45, 7) is 0.589. The maximum absolute atomic E-state index is 13.1. The maximum atomic E-state index is 13.1. The van der Waals surface area contributed by atoms with Gasteiger partial charge in [-0.25, -0.2) is 8.78 Å². The molecular formula is C12H17F2NO3. The van der Waals surface area contributed by atoms with Crippen molar-refractivity contribution < 1.29 is 23.7 Å². The molecule has 0 bridgehead atoms. The van der Waals surface area contributed by atoms with Crippen molar-refractivity contribution in [2.75, 3.05) is 20.3 Å². The van der Waals surface area contributed by atoms with E-state index in [-0.39, 0.29) is 19.2 Å². The summed E-state index contributed by atoms with van der Waals surface area (Å²) < 4.78 is 31.0. The number of ether oxygens (including phenoxy) is 1. The average Bonchev–Trinajstić information content (AvgIpc) is 2.36. The Labute approximate surface area is 104 Å². The molecule has 1 aromatic carbocycles. The van der Waals surface area contributed by atoms with Crippen molar-refractivity contribution in [2.45, 2.75) is 19.0 Å². The first kappa shape index (κ1) is 14.8. The number of halogens is 2. The SMILES string of the molecule is COCCC(CO)NCc1cc(F)c(O)c(F)c1. The van der Waals surface area contributed by atoms with Gasteiger partial charge < -0.3 is 20.3 Å². The topological polar surface area (TPSA) is 61.7 Å². The van der Waals surface area contributed by atoms with E-state index >= 15 is 0 Å². The van der Waals surface area contributed by atoms with Crippen LogP contribution in [0.4, 0.5) is 8.78 Å². The molecule has 0 aliphatic carbocycles. The summed E-state index contributed by atoms with van der Waals surface area (Å²) in [7, 11) is 1.55. The Kier molecular flexibility index (Phi) is 5.97. The van der Waals surface area contributed by atoms with Gasteiger partial charge in [0, 0.05) is 26.3 Å². The molecule has 0 aliphatic rings. The Balaban J connectivity index is 2.57. The van der Waals surface area contributed by atoms with Crippen LogP contribution < -0.4 is 5.32 Å². The van der Waals surface area contributed by atoms with E-state index in [4.69, 9.17) is 14.9 Å². The lowest BCUT2D eigenvalue weighted by atomic mass is 10.1. The fourth-order valence-electron chi connectivity index (χ4n) is 1.50. The number of methoxy groups -OCH3 is 1. The second kappa shape index (κ2) is 7.25. The second-order valence-corrected chi connectivity index (χ2v) is 3.95. The van der Waals surface area contributed by atoms with Crippen LogP contribution in [0, 0.1) is 11.6 Å². The summed E-state index contributed by atoms with van der Waals surface area (Å²) >= 11 is 0. The molecule has 0 aliphatic heterocycles. The quantitative estimate of drug-likeness (QED) is 0.689. The standard InChI is InChI=1S/C12H17F2NO3/c1-18-3-2-9(7-16)15-6-8-4-10(13)12(17)11(14)5-8/h4-5,9,15-17H,2-3,6-7H2,1H3. The smallest absolute Gasteiger partial charge is 0.187 e. The summed E-state index contributed by atoms with van der Waals surface area (Å²) in [6.07, 6.45) is 0.593. The van der Waals surface area contributed by atoms with E-state index in [0.717, 1.165) is 12.1 Å². The van der Waals surface area contributed by atoms with Gasteiger partial charge in [-0.1, -0.05) is 0 Å². The third-order valence-corrected chi connectivity index (χ3v) is 2.56. The fourth-order valence-corrected chi connectivity index (χ4v) is 1.50. The Morgan fingerprint density at radius 3 is 2.44 bits per heavy atom. The van der Waals surface area contributed by atoms with E-state index in [1.54, 1.807) is 7.11 Å². The van der Waals surface area contributed by atoms with Gasteiger partial charge in [0.05, 0.1) is 6.61 Å². The zero-order valence-corrected chi connectivity index (χ0v) is 10.1. The van der Waals surface area contributed by atoms with Gasteiger partial charge in [-0.15, -0.1) is 0 Å². The first-order chi connectivity index (χ1) is 8.58. The normalized spacial score (nSPS) is 12.7. The van der Waals surface area contributed by atoms with Crippen LogP contribution in [0.2, 0.25) is 0 Å². The van der Waals surface area contributed by atoms with E-state index in [2.05, 4.69) is 5.32 Å². The molecule has 0 saturated heterocycles. The van der Waals surface area contributed by atoms with E-state index in [1.807, 2.05) is 0 Å². The first-order valence-corrected chi connectivity index (χ1v) is 5.58. The number of phenols is 1. The molecule has 18 heavy (non-hydrogen) atoms. The number of rotatable bonds is 7. The predicted octanol–water partition coefficient (Wildman–Crippen LogP) is 1.16. The highest BCUT2D eigenvalue weighted by atomic mass is 19.1. The van der Waals surface area contributed by atoms with Gasteiger partial charge in [0.25, 0.3) is 0 Å². The molecule has 3 N–H and O–H groups in total. The number of hydrogen-bond donors (Lipinski definition) is 3. The number of nitrogens with one attached hydrogen (secondary N) is 1. The second-order valence-electron chi connectivity index (χ2n) is 3.95. The first-order valence-electron chi connectivity index (χ1n) is 5.58. The minimum atomic E-state index is -0.996. The van der Waals surface area contributed by atoms with Crippen LogP contribution in [0.15, 0.2) is 12.1 Å². The lowest BCUT2D eigenvalue weighted by Crippen LogP contribution is -2.33. The minimum absolute atomic E-state index is 0.0909. The molecule has 1 unspecified atom stereocenters. The van der Waals surface area contributed by atoms with Crippen molar-refractivity contribution in [3.05, 3.63) is 29.3 Å².